The van der Waals surface area contributed by atoms with Gasteiger partial charge in [-0.3, -0.25) is 0 Å². The van der Waals surface area contributed by atoms with Crippen molar-refractivity contribution in [1.29, 1.82) is 0 Å². The van der Waals surface area contributed by atoms with Crippen LogP contribution in [0.5, 0.6) is 0 Å². The van der Waals surface area contributed by atoms with Crippen LogP contribution in [-0.4, -0.2) is 0 Å². The summed E-state index contributed by atoms with van der Waals surface area (Å²) in [5, 5.41) is 10.6. The molecular weight excluding hydrogens is 961 g/mol. The molecule has 0 heteroatoms. The van der Waals surface area contributed by atoms with Gasteiger partial charge in [-0.25, -0.2) is 0 Å². The third kappa shape index (κ3) is 6.70. The summed E-state index contributed by atoms with van der Waals surface area (Å²) < 4.78 is 0. The molecule has 0 spiro atoms. The third-order valence-corrected chi connectivity index (χ3v) is 17.5. The van der Waals surface area contributed by atoms with Crippen molar-refractivity contribution in [2.24, 2.45) is 0 Å². The van der Waals surface area contributed by atoms with Gasteiger partial charge in [-0.05, 0) is 201 Å². The quantitative estimate of drug-likeness (QED) is 0.105. The van der Waals surface area contributed by atoms with E-state index in [0.29, 0.717) is 0 Å². The predicted molar refractivity (Wildman–Crippen MR) is 340 cm³/mol. The first-order chi connectivity index (χ1) is 39.7. The predicted octanol–water partition coefficient (Wildman–Crippen LogP) is 22.4. The SMILES string of the molecule is c1ccc(-c2cccc(-c3ccc(-c4cccc(-c5ccccc5)c4)c4c3-c3ccc5c6ccc7c8c(ccc(c9ccc-4c3c59)c86)-c3c(-c4cccc(-c5ccccc5)c4)ccc(-c4cccc(-c5ccccc5)c4)c3-7)c2)cc1. The standard InChI is InChI=1S/C80H48/c1-5-17-49(18-6-1)53-25-13-29-57(45-53)61-33-34-62(58-30-14-26-54(46-58)50-19-7-2-8-20-50)74-70-42-38-66-68-40-44-72-76-64(60-32-16-28-56(48-60)52-23-11-4-12-24-52)36-35-63(59-31-15-27-55(47-59)51-21-9-3-10-22-51)75(76)71-43-39-67(78(68)80(71)72)65-37-41-69(73(61)74)79(70)77(65)66/h1-48H. The molecule has 0 saturated heterocycles. The second-order valence-electron chi connectivity index (χ2n) is 21.8. The molecule has 0 fully saturated rings. The lowest BCUT2D eigenvalue weighted by Gasteiger charge is -2.17. The lowest BCUT2D eigenvalue weighted by Crippen LogP contribution is -1.91. The zero-order chi connectivity index (χ0) is 52.4. The summed E-state index contributed by atoms with van der Waals surface area (Å²) in [6.07, 6.45) is 0. The van der Waals surface area contributed by atoms with Gasteiger partial charge in [0.25, 0.3) is 0 Å². The highest BCUT2D eigenvalue weighted by molar-refractivity contribution is 6.41. The molecule has 0 aromatic heterocycles. The molecule has 368 valence electrons. The summed E-state index contributed by atoms with van der Waals surface area (Å²) in [7, 11) is 0. The van der Waals surface area contributed by atoms with Crippen molar-refractivity contribution in [3.8, 4) is 134 Å². The first-order valence-corrected chi connectivity index (χ1v) is 27.9. The van der Waals surface area contributed by atoms with Gasteiger partial charge >= 0.3 is 0 Å². The molecule has 0 heterocycles. The Morgan fingerprint density at radius 2 is 0.325 bits per heavy atom. The van der Waals surface area contributed by atoms with E-state index in [9.17, 15) is 0 Å². The summed E-state index contributed by atoms with van der Waals surface area (Å²) in [6.45, 7) is 0. The molecule has 2 aliphatic carbocycles. The highest BCUT2D eigenvalue weighted by atomic mass is 14.4. The second kappa shape index (κ2) is 17.6. The summed E-state index contributed by atoms with van der Waals surface area (Å²) in [6, 6.07) is 109. The van der Waals surface area contributed by atoms with Crippen molar-refractivity contribution in [2.75, 3.05) is 0 Å². The van der Waals surface area contributed by atoms with E-state index in [-0.39, 0.29) is 0 Å². The monoisotopic (exact) mass is 1010 g/mol. The van der Waals surface area contributed by atoms with Crippen LogP contribution in [0.2, 0.25) is 0 Å². The molecule has 0 radical (unpaired) electrons. The molecule has 17 rings (SSSR count). The van der Waals surface area contributed by atoms with Gasteiger partial charge in [0.05, 0.1) is 0 Å². The molecule has 0 bridgehead atoms. The van der Waals surface area contributed by atoms with Crippen molar-refractivity contribution < 1.29 is 0 Å². The molecule has 0 aliphatic heterocycles. The van der Waals surface area contributed by atoms with Gasteiger partial charge < -0.3 is 0 Å². The van der Waals surface area contributed by atoms with Gasteiger partial charge in [-0.2, -0.15) is 0 Å². The van der Waals surface area contributed by atoms with Crippen LogP contribution in [-0.2, 0) is 0 Å². The molecule has 0 atom stereocenters. The van der Waals surface area contributed by atoms with Crippen LogP contribution in [0.25, 0.3) is 177 Å². The van der Waals surface area contributed by atoms with Crippen molar-refractivity contribution in [1.82, 2.24) is 0 Å². The maximum Gasteiger partial charge on any atom is -0.00134 e. The Morgan fingerprint density at radius 3 is 0.562 bits per heavy atom. The van der Waals surface area contributed by atoms with E-state index in [1.54, 1.807) is 0 Å². The Bertz CT molecular complexity index is 4380. The normalized spacial score (nSPS) is 12.0. The Kier molecular flexibility index (Phi) is 9.81. The molecule has 0 unspecified atom stereocenters. The number of fused-ring (bicyclic) bond motifs is 8. The van der Waals surface area contributed by atoms with Crippen LogP contribution < -0.4 is 0 Å². The number of rotatable bonds is 8. The molecule has 2 aliphatic rings. The van der Waals surface area contributed by atoms with E-state index < -0.39 is 0 Å². The molecule has 15 aromatic carbocycles. The molecule has 0 nitrogen and oxygen atoms in total. The minimum absolute atomic E-state index is 1.22. The molecule has 80 heavy (non-hydrogen) atoms. The smallest absolute Gasteiger partial charge is 0.00134 e. The molecule has 15 aromatic rings. The van der Waals surface area contributed by atoms with Crippen molar-refractivity contribution in [3.05, 3.63) is 291 Å². The van der Waals surface area contributed by atoms with Gasteiger partial charge in [-0.1, -0.05) is 267 Å². The van der Waals surface area contributed by atoms with Gasteiger partial charge in [0, 0.05) is 0 Å². The van der Waals surface area contributed by atoms with E-state index in [1.165, 1.54) is 177 Å². The Balaban J connectivity index is 0.906. The van der Waals surface area contributed by atoms with Gasteiger partial charge in [0.1, 0.15) is 0 Å². The fourth-order valence-electron chi connectivity index (χ4n) is 14.0. The van der Waals surface area contributed by atoms with Crippen LogP contribution in [0.15, 0.2) is 291 Å². The zero-order valence-electron chi connectivity index (χ0n) is 43.7. The first-order valence-electron chi connectivity index (χ1n) is 27.9. The molecule has 0 N–H and O–H groups in total. The van der Waals surface area contributed by atoms with Crippen LogP contribution in [0.1, 0.15) is 0 Å². The van der Waals surface area contributed by atoms with Crippen molar-refractivity contribution >= 4 is 43.1 Å². The van der Waals surface area contributed by atoms with Gasteiger partial charge in [0.2, 0.25) is 0 Å². The lowest BCUT2D eigenvalue weighted by atomic mass is 9.86. The van der Waals surface area contributed by atoms with Gasteiger partial charge in [-0.15, -0.1) is 0 Å². The molecule has 0 amide bonds. The average Bonchev–Trinajstić information content (AvgIpc) is 4.21. The molecular formula is C80H48. The zero-order valence-corrected chi connectivity index (χ0v) is 43.7. The van der Waals surface area contributed by atoms with E-state index in [4.69, 9.17) is 0 Å². The van der Waals surface area contributed by atoms with Gasteiger partial charge in [0.15, 0.2) is 0 Å². The minimum atomic E-state index is 1.22. The summed E-state index contributed by atoms with van der Waals surface area (Å²) in [4.78, 5) is 0. The van der Waals surface area contributed by atoms with Crippen LogP contribution in [0, 0.1) is 0 Å². The summed E-state index contributed by atoms with van der Waals surface area (Å²) in [5.74, 6) is 0. The fraction of sp³-hybridized carbons (Fsp3) is 0. The van der Waals surface area contributed by atoms with E-state index >= 15 is 0 Å². The largest absolute Gasteiger partial charge is 0.0622 e. The molecule has 0 saturated carbocycles. The highest BCUT2D eigenvalue weighted by Crippen LogP contribution is 2.61. The fourth-order valence-corrected chi connectivity index (χ4v) is 14.0. The lowest BCUT2D eigenvalue weighted by molar-refractivity contribution is 1.57. The number of hydrogen-bond donors (Lipinski definition) is 0. The first kappa shape index (κ1) is 44.7. The van der Waals surface area contributed by atoms with E-state index in [0.717, 1.165) is 0 Å². The third-order valence-electron chi connectivity index (χ3n) is 17.5. The minimum Gasteiger partial charge on any atom is -0.0622 e. The van der Waals surface area contributed by atoms with Crippen LogP contribution in [0.4, 0.5) is 0 Å². The maximum atomic E-state index is 2.45. The topological polar surface area (TPSA) is 0 Å². The second-order valence-corrected chi connectivity index (χ2v) is 21.8. The summed E-state index contributed by atoms with van der Waals surface area (Å²) >= 11 is 0. The number of hydrogen-bond acceptors (Lipinski definition) is 0. The van der Waals surface area contributed by atoms with Crippen molar-refractivity contribution in [2.45, 2.75) is 0 Å². The Morgan fingerprint density at radius 1 is 0.125 bits per heavy atom. The number of benzene rings is 15. The van der Waals surface area contributed by atoms with Crippen LogP contribution >= 0.6 is 0 Å². The van der Waals surface area contributed by atoms with E-state index in [1.807, 2.05) is 0 Å². The average molecular weight is 1010 g/mol. The van der Waals surface area contributed by atoms with Crippen LogP contribution in [0.3, 0.4) is 0 Å². The maximum absolute atomic E-state index is 2.45. The van der Waals surface area contributed by atoms with E-state index in [2.05, 4.69) is 291 Å². The Hall–Kier alpha value is -10.4. The van der Waals surface area contributed by atoms with Crippen molar-refractivity contribution in [3.63, 3.8) is 0 Å². The summed E-state index contributed by atoms with van der Waals surface area (Å²) in [5.41, 5.74) is 30.0. The highest BCUT2D eigenvalue weighted by Gasteiger charge is 2.33. The Labute approximate surface area is 465 Å².